The van der Waals surface area contributed by atoms with Crippen molar-refractivity contribution in [3.63, 3.8) is 0 Å². The molecule has 0 saturated heterocycles. The van der Waals surface area contributed by atoms with Crippen molar-refractivity contribution in [2.24, 2.45) is 0 Å². The fourth-order valence-electron chi connectivity index (χ4n) is 3.24. The van der Waals surface area contributed by atoms with Crippen LogP contribution in [-0.2, 0) is 17.8 Å². The summed E-state index contributed by atoms with van der Waals surface area (Å²) in [5.41, 5.74) is 3.61. The topological polar surface area (TPSA) is 54.5 Å². The number of halogens is 1. The number of thiazole rings is 1. The summed E-state index contributed by atoms with van der Waals surface area (Å²) in [6, 6.07) is 12.7. The van der Waals surface area contributed by atoms with Crippen LogP contribution in [0.25, 0.3) is 0 Å². The summed E-state index contributed by atoms with van der Waals surface area (Å²) in [6.07, 6.45) is 0.829. The van der Waals surface area contributed by atoms with Crippen molar-refractivity contribution >= 4 is 28.1 Å². The van der Waals surface area contributed by atoms with Crippen molar-refractivity contribution < 1.29 is 13.9 Å². The quantitative estimate of drug-likeness (QED) is 0.524. The summed E-state index contributed by atoms with van der Waals surface area (Å²) in [7, 11) is 1.45. The summed E-state index contributed by atoms with van der Waals surface area (Å²) >= 11 is 1.43. The fraction of sp³-hybridized carbons (Fsp3) is 0.304. The van der Waals surface area contributed by atoms with Gasteiger partial charge in [0.15, 0.2) is 16.7 Å². The van der Waals surface area contributed by atoms with Crippen molar-refractivity contribution in [2.45, 2.75) is 39.8 Å². The Morgan fingerprint density at radius 1 is 1.30 bits per heavy atom. The summed E-state index contributed by atoms with van der Waals surface area (Å²) in [4.78, 5) is 18.7. The van der Waals surface area contributed by atoms with Gasteiger partial charge in [0.05, 0.1) is 18.5 Å². The van der Waals surface area contributed by atoms with Crippen LogP contribution in [0.1, 0.15) is 43.6 Å². The molecule has 1 amide bonds. The number of anilines is 2. The van der Waals surface area contributed by atoms with Gasteiger partial charge in [-0.2, -0.15) is 0 Å². The van der Waals surface area contributed by atoms with E-state index in [2.05, 4.69) is 17.2 Å². The maximum Gasteiger partial charge on any atom is 0.230 e. The average Bonchev–Trinajstić information content (AvgIpc) is 3.20. The molecule has 3 rings (SSSR count). The Balaban J connectivity index is 1.73. The van der Waals surface area contributed by atoms with E-state index in [0.29, 0.717) is 11.7 Å². The Morgan fingerprint density at radius 2 is 2.07 bits per heavy atom. The van der Waals surface area contributed by atoms with Crippen LogP contribution in [0, 0.1) is 5.82 Å². The highest BCUT2D eigenvalue weighted by atomic mass is 32.1. The fourth-order valence-corrected chi connectivity index (χ4v) is 4.12. The second-order valence-corrected chi connectivity index (χ2v) is 7.79. The van der Waals surface area contributed by atoms with Gasteiger partial charge in [-0.25, -0.2) is 9.37 Å². The number of nitrogens with zero attached hydrogens (tertiary/aromatic N) is 2. The number of nitrogens with one attached hydrogen (secondary N) is 1. The molecule has 0 bridgehead atoms. The number of aryl methyl sites for hydroxylation is 1. The Labute approximate surface area is 180 Å². The molecular weight excluding hydrogens is 401 g/mol. The predicted octanol–water partition coefficient (Wildman–Crippen LogP) is 5.39. The third kappa shape index (κ3) is 4.86. The van der Waals surface area contributed by atoms with Crippen molar-refractivity contribution in [1.82, 2.24) is 10.3 Å². The van der Waals surface area contributed by atoms with Crippen LogP contribution in [-0.4, -0.2) is 18.0 Å². The van der Waals surface area contributed by atoms with E-state index in [0.717, 1.165) is 28.9 Å². The third-order valence-electron chi connectivity index (χ3n) is 4.92. The standard InChI is InChI=1S/C23H26FN3O2S/c1-5-17-8-6-7-9-21(17)27(16(3)28)23-26-19(14-30-23)13-25-15(2)18-10-11-22(29-4)20(24)12-18/h6-12,14-15,25H,5,13H2,1-4H3. The molecule has 2 aromatic carbocycles. The Morgan fingerprint density at radius 3 is 2.73 bits per heavy atom. The molecule has 0 fully saturated rings. The molecule has 5 nitrogen and oxygen atoms in total. The summed E-state index contributed by atoms with van der Waals surface area (Å²) < 4.78 is 18.9. The molecular formula is C23H26FN3O2S. The monoisotopic (exact) mass is 427 g/mol. The van der Waals surface area contributed by atoms with Gasteiger partial charge in [0.1, 0.15) is 0 Å². The molecule has 1 unspecified atom stereocenters. The van der Waals surface area contributed by atoms with Crippen molar-refractivity contribution in [3.8, 4) is 5.75 Å². The number of amides is 1. The lowest BCUT2D eigenvalue weighted by Crippen LogP contribution is -2.24. The SMILES string of the molecule is CCc1ccccc1N(C(C)=O)c1nc(CNC(C)c2ccc(OC)c(F)c2)cs1. The van der Waals surface area contributed by atoms with E-state index in [4.69, 9.17) is 4.74 Å². The number of rotatable bonds is 8. The first-order valence-corrected chi connectivity index (χ1v) is 10.7. The number of hydrogen-bond donors (Lipinski definition) is 1. The zero-order chi connectivity index (χ0) is 21.7. The molecule has 0 spiro atoms. The van der Waals surface area contributed by atoms with Gasteiger partial charge >= 0.3 is 0 Å². The first-order chi connectivity index (χ1) is 14.4. The van der Waals surface area contributed by atoms with E-state index < -0.39 is 0 Å². The summed E-state index contributed by atoms with van der Waals surface area (Å²) in [5.74, 6) is -0.232. The van der Waals surface area contributed by atoms with Gasteiger partial charge in [0, 0.05) is 24.9 Å². The second kappa shape index (κ2) is 9.82. The molecule has 1 aromatic heterocycles. The smallest absolute Gasteiger partial charge is 0.230 e. The van der Waals surface area contributed by atoms with E-state index in [1.165, 1.54) is 24.5 Å². The normalized spacial score (nSPS) is 11.9. The molecule has 0 aliphatic rings. The largest absolute Gasteiger partial charge is 0.494 e. The first-order valence-electron chi connectivity index (χ1n) is 9.84. The Hall–Kier alpha value is -2.77. The predicted molar refractivity (Wildman–Crippen MR) is 119 cm³/mol. The van der Waals surface area contributed by atoms with Gasteiger partial charge in [-0.1, -0.05) is 31.2 Å². The number of benzene rings is 2. The molecule has 1 heterocycles. The number of carbonyl (C=O) groups is 1. The number of methoxy groups -OCH3 is 1. The van der Waals surface area contributed by atoms with Crippen LogP contribution in [0.15, 0.2) is 47.8 Å². The zero-order valence-corrected chi connectivity index (χ0v) is 18.4. The molecule has 3 aromatic rings. The van der Waals surface area contributed by atoms with Crippen LogP contribution in [0.4, 0.5) is 15.2 Å². The van der Waals surface area contributed by atoms with E-state index in [1.807, 2.05) is 42.6 Å². The zero-order valence-electron chi connectivity index (χ0n) is 17.6. The van der Waals surface area contributed by atoms with Crippen molar-refractivity contribution in [1.29, 1.82) is 0 Å². The van der Waals surface area contributed by atoms with Gasteiger partial charge in [-0.3, -0.25) is 9.69 Å². The molecule has 0 aliphatic heterocycles. The maximum atomic E-state index is 14.0. The highest BCUT2D eigenvalue weighted by Crippen LogP contribution is 2.32. The minimum atomic E-state index is -0.383. The molecule has 158 valence electrons. The van der Waals surface area contributed by atoms with Crippen LogP contribution >= 0.6 is 11.3 Å². The summed E-state index contributed by atoms with van der Waals surface area (Å²) in [5, 5.41) is 5.94. The maximum absolute atomic E-state index is 14.0. The van der Waals surface area contributed by atoms with Gasteiger partial charge in [-0.05, 0) is 42.7 Å². The number of ether oxygens (including phenoxy) is 1. The van der Waals surface area contributed by atoms with Crippen LogP contribution in [0.5, 0.6) is 5.75 Å². The van der Waals surface area contributed by atoms with Gasteiger partial charge in [0.25, 0.3) is 0 Å². The number of aromatic nitrogens is 1. The average molecular weight is 428 g/mol. The Bertz CT molecular complexity index is 1020. The van der Waals surface area contributed by atoms with Gasteiger partial charge in [-0.15, -0.1) is 11.3 Å². The minimum Gasteiger partial charge on any atom is -0.494 e. The molecule has 7 heteroatoms. The molecule has 0 saturated carbocycles. The summed E-state index contributed by atoms with van der Waals surface area (Å²) in [6.45, 7) is 6.09. The van der Waals surface area contributed by atoms with E-state index >= 15 is 0 Å². The minimum absolute atomic E-state index is 0.0692. The lowest BCUT2D eigenvalue weighted by atomic mass is 10.1. The number of carbonyl (C=O) groups excluding carboxylic acids is 1. The van der Waals surface area contributed by atoms with E-state index in [9.17, 15) is 9.18 Å². The van der Waals surface area contributed by atoms with E-state index in [1.54, 1.807) is 17.9 Å². The van der Waals surface area contributed by atoms with Crippen LogP contribution < -0.4 is 15.0 Å². The molecule has 1 N–H and O–H groups in total. The van der Waals surface area contributed by atoms with Crippen LogP contribution in [0.3, 0.4) is 0 Å². The van der Waals surface area contributed by atoms with Crippen LogP contribution in [0.2, 0.25) is 0 Å². The Kier molecular flexibility index (Phi) is 7.18. The third-order valence-corrected chi connectivity index (χ3v) is 5.80. The van der Waals surface area contributed by atoms with Gasteiger partial charge < -0.3 is 10.1 Å². The highest BCUT2D eigenvalue weighted by Gasteiger charge is 2.20. The number of para-hydroxylation sites is 1. The molecule has 30 heavy (non-hydrogen) atoms. The first kappa shape index (κ1) is 21.9. The van der Waals surface area contributed by atoms with E-state index in [-0.39, 0.29) is 23.5 Å². The van der Waals surface area contributed by atoms with Crippen molar-refractivity contribution in [3.05, 3.63) is 70.5 Å². The molecule has 0 aliphatic carbocycles. The van der Waals surface area contributed by atoms with Crippen molar-refractivity contribution in [2.75, 3.05) is 12.0 Å². The number of hydrogen-bond acceptors (Lipinski definition) is 5. The lowest BCUT2D eigenvalue weighted by Gasteiger charge is -2.21. The second-order valence-electron chi connectivity index (χ2n) is 6.95. The highest BCUT2D eigenvalue weighted by molar-refractivity contribution is 7.14. The van der Waals surface area contributed by atoms with Gasteiger partial charge in [0.2, 0.25) is 5.91 Å². The lowest BCUT2D eigenvalue weighted by molar-refractivity contribution is -0.115. The molecule has 1 atom stereocenters. The molecule has 0 radical (unpaired) electrons.